The van der Waals surface area contributed by atoms with E-state index >= 15 is 0 Å². The zero-order valence-electron chi connectivity index (χ0n) is 13.0. The molecule has 5 nitrogen and oxygen atoms in total. The molecular formula is C17H19BrN2O3. The summed E-state index contributed by atoms with van der Waals surface area (Å²) in [4.78, 5) is 18.0. The highest BCUT2D eigenvalue weighted by Gasteiger charge is 2.41. The number of carbonyl (C=O) groups excluding carboxylic acids is 1. The van der Waals surface area contributed by atoms with E-state index in [1.165, 1.54) is 0 Å². The van der Waals surface area contributed by atoms with Crippen molar-refractivity contribution in [2.45, 2.75) is 25.6 Å². The highest BCUT2D eigenvalue weighted by atomic mass is 79.9. The summed E-state index contributed by atoms with van der Waals surface area (Å²) < 4.78 is 12.5. The summed E-state index contributed by atoms with van der Waals surface area (Å²) in [6.45, 7) is 4.63. The van der Waals surface area contributed by atoms with Gasteiger partial charge in [0.2, 0.25) is 0 Å². The van der Waals surface area contributed by atoms with Crippen LogP contribution in [0.15, 0.2) is 22.7 Å². The summed E-state index contributed by atoms with van der Waals surface area (Å²) in [7, 11) is 0. The van der Waals surface area contributed by atoms with Crippen LogP contribution in [0.4, 0.5) is 0 Å². The standard InChI is InChI=1S/C17H19BrN2O3/c1-11-13-10-12(18)2-3-14(13)19-15(11)16(21)20-6-4-17(5-7-20)22-8-9-23-17/h2-3,10,19H,4-9H2,1H3. The number of ether oxygens (including phenoxy) is 2. The number of aromatic amines is 1. The Morgan fingerprint density at radius 2 is 1.96 bits per heavy atom. The molecule has 1 aromatic carbocycles. The number of benzene rings is 1. The first-order valence-electron chi connectivity index (χ1n) is 7.93. The Bertz CT molecular complexity index is 755. The van der Waals surface area contributed by atoms with Gasteiger partial charge in [-0.1, -0.05) is 15.9 Å². The molecule has 6 heteroatoms. The number of hydrogen-bond donors (Lipinski definition) is 1. The molecular weight excluding hydrogens is 360 g/mol. The van der Waals surface area contributed by atoms with Gasteiger partial charge in [0.15, 0.2) is 5.79 Å². The molecule has 1 N–H and O–H groups in total. The molecule has 3 heterocycles. The van der Waals surface area contributed by atoms with Crippen molar-refractivity contribution in [3.63, 3.8) is 0 Å². The minimum absolute atomic E-state index is 0.0580. The average molecular weight is 379 g/mol. The number of piperidine rings is 1. The van der Waals surface area contributed by atoms with Gasteiger partial charge in [0.1, 0.15) is 5.69 Å². The normalized spacial score (nSPS) is 20.5. The molecule has 0 aliphatic carbocycles. The average Bonchev–Trinajstić information content (AvgIpc) is 3.13. The van der Waals surface area contributed by atoms with Gasteiger partial charge in [-0.2, -0.15) is 0 Å². The number of hydrogen-bond acceptors (Lipinski definition) is 3. The molecule has 1 aromatic heterocycles. The second-order valence-corrected chi connectivity index (χ2v) is 7.13. The molecule has 122 valence electrons. The number of likely N-dealkylation sites (tertiary alicyclic amines) is 1. The van der Waals surface area contributed by atoms with Crippen LogP contribution in [0.5, 0.6) is 0 Å². The minimum atomic E-state index is -0.447. The molecule has 4 rings (SSSR count). The van der Waals surface area contributed by atoms with Crippen molar-refractivity contribution in [1.82, 2.24) is 9.88 Å². The minimum Gasteiger partial charge on any atom is -0.350 e. The van der Waals surface area contributed by atoms with Crippen LogP contribution >= 0.6 is 15.9 Å². The van der Waals surface area contributed by atoms with Crippen LogP contribution in [-0.2, 0) is 9.47 Å². The maximum absolute atomic E-state index is 12.9. The lowest BCUT2D eigenvalue weighted by Crippen LogP contribution is -2.47. The van der Waals surface area contributed by atoms with Gasteiger partial charge in [0.05, 0.1) is 13.2 Å². The van der Waals surface area contributed by atoms with E-state index in [1.54, 1.807) is 0 Å². The van der Waals surface area contributed by atoms with Gasteiger partial charge >= 0.3 is 0 Å². The smallest absolute Gasteiger partial charge is 0.270 e. The van der Waals surface area contributed by atoms with Crippen LogP contribution in [0.25, 0.3) is 10.9 Å². The monoisotopic (exact) mass is 378 g/mol. The van der Waals surface area contributed by atoms with Crippen LogP contribution < -0.4 is 0 Å². The van der Waals surface area contributed by atoms with E-state index in [-0.39, 0.29) is 5.91 Å². The van der Waals surface area contributed by atoms with Crippen molar-refractivity contribution in [1.29, 1.82) is 0 Å². The number of aromatic nitrogens is 1. The van der Waals surface area contributed by atoms with E-state index in [0.29, 0.717) is 32.0 Å². The van der Waals surface area contributed by atoms with Crippen molar-refractivity contribution >= 4 is 32.7 Å². The highest BCUT2D eigenvalue weighted by Crippen LogP contribution is 2.32. The molecule has 2 fully saturated rings. The molecule has 2 aliphatic rings. The fourth-order valence-corrected chi connectivity index (χ4v) is 3.87. The predicted octanol–water partition coefficient (Wildman–Crippen LogP) is 3.22. The molecule has 1 amide bonds. The lowest BCUT2D eigenvalue weighted by Gasteiger charge is -2.37. The first kappa shape index (κ1) is 15.2. The zero-order chi connectivity index (χ0) is 16.0. The fourth-order valence-electron chi connectivity index (χ4n) is 3.51. The van der Waals surface area contributed by atoms with Crippen LogP contribution in [0.3, 0.4) is 0 Å². The third-order valence-electron chi connectivity index (χ3n) is 4.86. The van der Waals surface area contributed by atoms with Crippen molar-refractivity contribution in [2.75, 3.05) is 26.3 Å². The zero-order valence-corrected chi connectivity index (χ0v) is 14.6. The number of rotatable bonds is 1. The van der Waals surface area contributed by atoms with E-state index in [0.717, 1.165) is 33.8 Å². The largest absolute Gasteiger partial charge is 0.350 e. The van der Waals surface area contributed by atoms with E-state index in [9.17, 15) is 4.79 Å². The van der Waals surface area contributed by atoms with E-state index in [4.69, 9.17) is 9.47 Å². The van der Waals surface area contributed by atoms with Gasteiger partial charge in [-0.25, -0.2) is 0 Å². The molecule has 0 radical (unpaired) electrons. The number of nitrogens with zero attached hydrogens (tertiary/aromatic N) is 1. The van der Waals surface area contributed by atoms with Gasteiger partial charge in [-0.15, -0.1) is 0 Å². The molecule has 0 bridgehead atoms. The van der Waals surface area contributed by atoms with Gasteiger partial charge < -0.3 is 19.4 Å². The second-order valence-electron chi connectivity index (χ2n) is 6.21. The molecule has 23 heavy (non-hydrogen) atoms. The predicted molar refractivity (Wildman–Crippen MR) is 90.5 cm³/mol. The molecule has 0 atom stereocenters. The number of nitrogens with one attached hydrogen (secondary N) is 1. The van der Waals surface area contributed by atoms with Crippen molar-refractivity contribution in [2.24, 2.45) is 0 Å². The summed E-state index contributed by atoms with van der Waals surface area (Å²) in [6, 6.07) is 6.02. The van der Waals surface area contributed by atoms with Crippen molar-refractivity contribution < 1.29 is 14.3 Å². The third kappa shape index (κ3) is 2.58. The molecule has 2 aromatic rings. The Morgan fingerprint density at radius 3 is 2.65 bits per heavy atom. The Morgan fingerprint density at radius 1 is 1.26 bits per heavy atom. The van der Waals surface area contributed by atoms with Gasteiger partial charge in [0, 0.05) is 41.3 Å². The quantitative estimate of drug-likeness (QED) is 0.828. The van der Waals surface area contributed by atoms with Crippen LogP contribution in [0, 0.1) is 6.92 Å². The number of halogens is 1. The SMILES string of the molecule is Cc1c(C(=O)N2CCC3(CC2)OCCO3)[nH]c2ccc(Br)cc12. The first-order valence-corrected chi connectivity index (χ1v) is 8.72. The maximum atomic E-state index is 12.9. The van der Waals surface area contributed by atoms with Crippen molar-refractivity contribution in [3.05, 3.63) is 33.9 Å². The Labute approximate surface area is 143 Å². The molecule has 0 saturated carbocycles. The first-order chi connectivity index (χ1) is 11.1. The Balaban J connectivity index is 1.56. The van der Waals surface area contributed by atoms with Crippen LogP contribution in [-0.4, -0.2) is 47.9 Å². The summed E-state index contributed by atoms with van der Waals surface area (Å²) in [5.41, 5.74) is 2.67. The Hall–Kier alpha value is -1.37. The van der Waals surface area contributed by atoms with E-state index in [1.807, 2.05) is 30.0 Å². The highest BCUT2D eigenvalue weighted by molar-refractivity contribution is 9.10. The van der Waals surface area contributed by atoms with E-state index in [2.05, 4.69) is 20.9 Å². The number of fused-ring (bicyclic) bond motifs is 1. The Kier molecular flexibility index (Phi) is 3.70. The third-order valence-corrected chi connectivity index (χ3v) is 5.35. The van der Waals surface area contributed by atoms with Gasteiger partial charge in [-0.3, -0.25) is 4.79 Å². The molecule has 1 spiro atoms. The lowest BCUT2D eigenvalue weighted by molar-refractivity contribution is -0.181. The number of H-pyrrole nitrogens is 1. The second kappa shape index (κ2) is 5.61. The summed E-state index contributed by atoms with van der Waals surface area (Å²) in [5, 5.41) is 1.08. The van der Waals surface area contributed by atoms with Gasteiger partial charge in [0.25, 0.3) is 5.91 Å². The lowest BCUT2D eigenvalue weighted by atomic mass is 10.0. The molecule has 2 saturated heterocycles. The van der Waals surface area contributed by atoms with Crippen molar-refractivity contribution in [3.8, 4) is 0 Å². The molecule has 2 aliphatic heterocycles. The topological polar surface area (TPSA) is 54.6 Å². The van der Waals surface area contributed by atoms with E-state index < -0.39 is 5.79 Å². The number of aryl methyl sites for hydroxylation is 1. The summed E-state index contributed by atoms with van der Waals surface area (Å²) >= 11 is 3.49. The summed E-state index contributed by atoms with van der Waals surface area (Å²) in [6.07, 6.45) is 1.48. The van der Waals surface area contributed by atoms with Crippen LogP contribution in [0.2, 0.25) is 0 Å². The fraction of sp³-hybridized carbons (Fsp3) is 0.471. The van der Waals surface area contributed by atoms with Gasteiger partial charge in [-0.05, 0) is 30.7 Å². The van der Waals surface area contributed by atoms with Crippen LogP contribution in [0.1, 0.15) is 28.9 Å². The summed E-state index contributed by atoms with van der Waals surface area (Å²) in [5.74, 6) is -0.389. The maximum Gasteiger partial charge on any atom is 0.270 e. The number of carbonyl (C=O) groups is 1. The number of amides is 1. The molecule has 0 unspecified atom stereocenters.